The number of hydrogen-bond donors (Lipinski definition) is 1. The number of nitrogens with zero attached hydrogens (tertiary/aromatic N) is 2. The lowest BCUT2D eigenvalue weighted by atomic mass is 10.3. The fourth-order valence-corrected chi connectivity index (χ4v) is 3.36. The molecule has 21 heavy (non-hydrogen) atoms. The summed E-state index contributed by atoms with van der Waals surface area (Å²) in [6.45, 7) is 4.49. The minimum Gasteiger partial charge on any atom is -0.399 e. The van der Waals surface area contributed by atoms with Crippen molar-refractivity contribution in [2.75, 3.05) is 32.0 Å². The van der Waals surface area contributed by atoms with Gasteiger partial charge in [-0.25, -0.2) is 8.42 Å². The normalized spacial score (nSPS) is 11.8. The third-order valence-corrected chi connectivity index (χ3v) is 4.86. The van der Waals surface area contributed by atoms with Crippen LogP contribution < -0.4 is 5.73 Å². The van der Waals surface area contributed by atoms with E-state index in [1.54, 1.807) is 13.8 Å². The van der Waals surface area contributed by atoms with Crippen LogP contribution in [0.5, 0.6) is 0 Å². The van der Waals surface area contributed by atoms with Gasteiger partial charge in [-0.1, -0.05) is 6.92 Å². The predicted octanol–water partition coefficient (Wildman–Crippen LogP) is 1.22. The van der Waals surface area contributed by atoms with E-state index in [0.29, 0.717) is 6.61 Å². The van der Waals surface area contributed by atoms with Gasteiger partial charge >= 0.3 is 0 Å². The number of nitrogens with two attached hydrogens (primary N) is 1. The Labute approximate surface area is 123 Å². The van der Waals surface area contributed by atoms with Crippen LogP contribution in [-0.4, -0.2) is 43.9 Å². The molecule has 0 unspecified atom stereocenters. The van der Waals surface area contributed by atoms with Crippen molar-refractivity contribution in [1.82, 2.24) is 4.31 Å². The Morgan fingerprint density at radius 1 is 1.38 bits per heavy atom. The lowest BCUT2D eigenvalue weighted by molar-refractivity contribution is -0.387. The van der Waals surface area contributed by atoms with Gasteiger partial charge in [0.1, 0.15) is 0 Å². The van der Waals surface area contributed by atoms with Crippen molar-refractivity contribution in [2.45, 2.75) is 18.7 Å². The Morgan fingerprint density at radius 3 is 2.57 bits per heavy atom. The summed E-state index contributed by atoms with van der Waals surface area (Å²) in [5.74, 6) is 0. The monoisotopic (exact) mass is 317 g/mol. The van der Waals surface area contributed by atoms with E-state index in [1.165, 1.54) is 6.07 Å². The van der Waals surface area contributed by atoms with E-state index in [9.17, 15) is 18.5 Å². The third kappa shape index (κ3) is 4.13. The molecule has 1 aromatic rings. The van der Waals surface area contributed by atoms with Crippen molar-refractivity contribution in [1.29, 1.82) is 0 Å². The van der Waals surface area contributed by atoms with Crippen LogP contribution in [0, 0.1) is 10.1 Å². The summed E-state index contributed by atoms with van der Waals surface area (Å²) in [5, 5.41) is 11.0. The maximum absolute atomic E-state index is 12.5. The molecule has 0 aliphatic heterocycles. The number of benzene rings is 1. The van der Waals surface area contributed by atoms with Gasteiger partial charge in [0.2, 0.25) is 10.0 Å². The third-order valence-electron chi connectivity index (χ3n) is 2.84. The predicted molar refractivity (Wildman–Crippen MR) is 78.4 cm³/mol. The van der Waals surface area contributed by atoms with Gasteiger partial charge in [-0.3, -0.25) is 10.1 Å². The molecule has 0 spiro atoms. The lowest BCUT2D eigenvalue weighted by Gasteiger charge is -2.20. The molecular weight excluding hydrogens is 298 g/mol. The molecule has 0 radical (unpaired) electrons. The summed E-state index contributed by atoms with van der Waals surface area (Å²) in [6.07, 6.45) is 0. The fraction of sp³-hybridized carbons (Fsp3) is 0.500. The van der Waals surface area contributed by atoms with Gasteiger partial charge in [0.05, 0.1) is 11.5 Å². The second-order valence-corrected chi connectivity index (χ2v) is 6.08. The lowest BCUT2D eigenvalue weighted by Crippen LogP contribution is -2.34. The van der Waals surface area contributed by atoms with Crippen molar-refractivity contribution in [3.8, 4) is 0 Å². The molecule has 0 heterocycles. The van der Waals surface area contributed by atoms with Crippen molar-refractivity contribution in [2.24, 2.45) is 0 Å². The zero-order valence-electron chi connectivity index (χ0n) is 12.0. The van der Waals surface area contributed by atoms with Gasteiger partial charge in [0.15, 0.2) is 4.90 Å². The molecule has 0 atom stereocenters. The van der Waals surface area contributed by atoms with Crippen molar-refractivity contribution in [3.05, 3.63) is 28.3 Å². The van der Waals surface area contributed by atoms with Gasteiger partial charge in [0.25, 0.3) is 5.69 Å². The first-order chi connectivity index (χ1) is 9.84. The number of anilines is 1. The molecule has 8 nitrogen and oxygen atoms in total. The minimum atomic E-state index is -3.97. The first kappa shape index (κ1) is 17.3. The maximum atomic E-state index is 12.5. The smallest absolute Gasteiger partial charge is 0.291 e. The molecule has 0 saturated heterocycles. The molecule has 0 aromatic heterocycles. The second-order valence-electron chi connectivity index (χ2n) is 4.18. The molecule has 1 aromatic carbocycles. The average Bonchev–Trinajstić information content (AvgIpc) is 2.43. The summed E-state index contributed by atoms with van der Waals surface area (Å²) in [4.78, 5) is 9.92. The number of likely N-dealkylation sites (N-methyl/N-ethyl adjacent to an activating group) is 1. The van der Waals surface area contributed by atoms with Gasteiger partial charge in [-0.15, -0.1) is 0 Å². The van der Waals surface area contributed by atoms with Gasteiger partial charge in [-0.2, -0.15) is 4.31 Å². The van der Waals surface area contributed by atoms with E-state index in [-0.39, 0.29) is 30.3 Å². The highest BCUT2D eigenvalue weighted by Crippen LogP contribution is 2.28. The molecule has 2 N–H and O–H groups in total. The van der Waals surface area contributed by atoms with Crippen LogP contribution in [0.2, 0.25) is 0 Å². The zero-order valence-corrected chi connectivity index (χ0v) is 12.8. The van der Waals surface area contributed by atoms with Crippen LogP contribution >= 0.6 is 0 Å². The largest absolute Gasteiger partial charge is 0.399 e. The number of hydrogen-bond acceptors (Lipinski definition) is 6. The van der Waals surface area contributed by atoms with Crippen molar-refractivity contribution < 1.29 is 18.1 Å². The number of nitro groups is 1. The standard InChI is InChI=1S/C12H19N3O5S/c1-3-14(7-8-20-4-2)21(18,19)12-6-5-10(13)9-11(12)15(16)17/h5-6,9H,3-4,7-8,13H2,1-2H3. The van der Waals surface area contributed by atoms with Gasteiger partial charge in [0, 0.05) is 31.5 Å². The Hall–Kier alpha value is -1.71. The van der Waals surface area contributed by atoms with Crippen LogP contribution in [0.4, 0.5) is 11.4 Å². The number of nitro benzene ring substituents is 1. The van der Waals surface area contributed by atoms with E-state index in [1.807, 2.05) is 0 Å². The summed E-state index contributed by atoms with van der Waals surface area (Å²) < 4.78 is 31.3. The number of ether oxygens (including phenoxy) is 1. The quantitative estimate of drug-likeness (QED) is 0.333. The summed E-state index contributed by atoms with van der Waals surface area (Å²) >= 11 is 0. The van der Waals surface area contributed by atoms with E-state index in [2.05, 4.69) is 0 Å². The fourth-order valence-electron chi connectivity index (χ4n) is 1.79. The van der Waals surface area contributed by atoms with E-state index >= 15 is 0 Å². The van der Waals surface area contributed by atoms with Gasteiger partial charge < -0.3 is 10.5 Å². The first-order valence-corrected chi connectivity index (χ1v) is 7.90. The number of sulfonamides is 1. The Bertz CT molecular complexity index is 603. The molecule has 0 fully saturated rings. The number of rotatable bonds is 8. The van der Waals surface area contributed by atoms with Crippen molar-refractivity contribution in [3.63, 3.8) is 0 Å². The van der Waals surface area contributed by atoms with Crippen LogP contribution in [-0.2, 0) is 14.8 Å². The van der Waals surface area contributed by atoms with Crippen LogP contribution in [0.15, 0.2) is 23.1 Å². The van der Waals surface area contributed by atoms with Crippen LogP contribution in [0.25, 0.3) is 0 Å². The Kier molecular flexibility index (Phi) is 6.06. The SMILES string of the molecule is CCOCCN(CC)S(=O)(=O)c1ccc(N)cc1[N+](=O)[O-]. The van der Waals surface area contributed by atoms with E-state index in [0.717, 1.165) is 16.4 Å². The molecular formula is C12H19N3O5S. The highest BCUT2D eigenvalue weighted by molar-refractivity contribution is 7.89. The molecule has 0 saturated carbocycles. The van der Waals surface area contributed by atoms with E-state index < -0.39 is 20.6 Å². The molecule has 0 bridgehead atoms. The van der Waals surface area contributed by atoms with Crippen molar-refractivity contribution >= 4 is 21.4 Å². The second kappa shape index (κ2) is 7.34. The highest BCUT2D eigenvalue weighted by atomic mass is 32.2. The Balaban J connectivity index is 3.19. The molecule has 118 valence electrons. The van der Waals surface area contributed by atoms with E-state index in [4.69, 9.17) is 10.5 Å². The van der Waals surface area contributed by atoms with Crippen LogP contribution in [0.3, 0.4) is 0 Å². The molecule has 0 aliphatic carbocycles. The average molecular weight is 317 g/mol. The molecule has 0 aliphatic rings. The maximum Gasteiger partial charge on any atom is 0.291 e. The highest BCUT2D eigenvalue weighted by Gasteiger charge is 2.30. The minimum absolute atomic E-state index is 0.133. The van der Waals surface area contributed by atoms with Crippen LogP contribution in [0.1, 0.15) is 13.8 Å². The topological polar surface area (TPSA) is 116 Å². The molecule has 0 amide bonds. The van der Waals surface area contributed by atoms with Gasteiger partial charge in [-0.05, 0) is 19.1 Å². The molecule has 1 rings (SSSR count). The number of nitrogen functional groups attached to an aromatic ring is 1. The Morgan fingerprint density at radius 2 is 2.05 bits per heavy atom. The zero-order chi connectivity index (χ0) is 16.0. The molecule has 9 heteroatoms. The first-order valence-electron chi connectivity index (χ1n) is 6.46. The summed E-state index contributed by atoms with van der Waals surface area (Å²) in [6, 6.07) is 3.53. The summed E-state index contributed by atoms with van der Waals surface area (Å²) in [7, 11) is -3.97. The summed E-state index contributed by atoms with van der Waals surface area (Å²) in [5.41, 5.74) is 5.10.